The minimum Gasteiger partial charge on any atom is -1.00 e. The average molecular weight is 200 g/mol. The zero-order valence-electron chi connectivity index (χ0n) is 8.55. The molecule has 0 saturated carbocycles. The molecule has 2 heteroatoms. The van der Waals surface area contributed by atoms with Crippen molar-refractivity contribution in [2.75, 3.05) is 6.54 Å². The Balaban J connectivity index is 0.00000144. The van der Waals surface area contributed by atoms with Gasteiger partial charge in [-0.25, -0.2) is 0 Å². The van der Waals surface area contributed by atoms with Gasteiger partial charge in [-0.05, 0) is 12.1 Å². The van der Waals surface area contributed by atoms with Crippen LogP contribution in [0.4, 0.5) is 5.69 Å². The number of nitrogens with two attached hydrogens (primary N) is 1. The van der Waals surface area contributed by atoms with E-state index in [0.717, 1.165) is 6.54 Å². The molecule has 0 heterocycles. The Bertz CT molecular complexity index is 226. The lowest BCUT2D eigenvalue weighted by Gasteiger charge is -2.15. The number of halogens is 1. The van der Waals surface area contributed by atoms with Crippen LogP contribution in [0.2, 0.25) is 0 Å². The third-order valence-corrected chi connectivity index (χ3v) is 1.75. The lowest BCUT2D eigenvalue weighted by atomic mass is 9.97. The van der Waals surface area contributed by atoms with Gasteiger partial charge in [0.15, 0.2) is 0 Å². The zero-order valence-corrected chi connectivity index (χ0v) is 9.31. The summed E-state index contributed by atoms with van der Waals surface area (Å²) in [5.41, 5.74) is 1.72. The number of benzene rings is 1. The standard InChI is InChI=1S/C11H17N.ClH/c1-11(2,3)9-12-10-7-5-4-6-8-10;/h4-8,12H,9H2,1-3H3;1H. The van der Waals surface area contributed by atoms with Crippen LogP contribution in [0.3, 0.4) is 0 Å². The Morgan fingerprint density at radius 2 is 1.62 bits per heavy atom. The molecule has 0 radical (unpaired) electrons. The molecule has 0 bridgehead atoms. The van der Waals surface area contributed by atoms with Crippen LogP contribution in [0.25, 0.3) is 0 Å². The largest absolute Gasteiger partial charge is 1.00 e. The number of quaternary nitrogens is 1. The monoisotopic (exact) mass is 199 g/mol. The van der Waals surface area contributed by atoms with Crippen LogP contribution >= 0.6 is 0 Å². The van der Waals surface area contributed by atoms with Crippen molar-refractivity contribution in [1.82, 2.24) is 0 Å². The Kier molecular flexibility index (Phi) is 5.04. The van der Waals surface area contributed by atoms with Crippen LogP contribution < -0.4 is 17.7 Å². The molecule has 0 amide bonds. The number of hydrogen-bond acceptors (Lipinski definition) is 0. The molecule has 74 valence electrons. The first-order chi connectivity index (χ1) is 5.58. The molecule has 0 saturated heterocycles. The maximum absolute atomic E-state index is 2.29. The summed E-state index contributed by atoms with van der Waals surface area (Å²) in [4.78, 5) is 0. The number of para-hydroxylation sites is 1. The van der Waals surface area contributed by atoms with Crippen molar-refractivity contribution in [2.24, 2.45) is 5.41 Å². The summed E-state index contributed by atoms with van der Waals surface area (Å²) in [5, 5.41) is 2.29. The maximum Gasteiger partial charge on any atom is 0.129 e. The topological polar surface area (TPSA) is 16.6 Å². The van der Waals surface area contributed by atoms with Gasteiger partial charge < -0.3 is 17.7 Å². The van der Waals surface area contributed by atoms with Crippen LogP contribution in [-0.2, 0) is 0 Å². The molecule has 0 aromatic heterocycles. The molecule has 1 rings (SSSR count). The molecule has 1 aromatic rings. The highest BCUT2D eigenvalue weighted by molar-refractivity contribution is 5.26. The Morgan fingerprint density at radius 1 is 1.08 bits per heavy atom. The third kappa shape index (κ3) is 5.67. The van der Waals surface area contributed by atoms with E-state index in [1.807, 2.05) is 0 Å². The molecule has 0 aliphatic rings. The summed E-state index contributed by atoms with van der Waals surface area (Å²) in [7, 11) is 0. The maximum atomic E-state index is 2.29. The number of rotatable bonds is 2. The summed E-state index contributed by atoms with van der Waals surface area (Å²) < 4.78 is 0. The molecule has 0 aliphatic carbocycles. The second-order valence-corrected chi connectivity index (χ2v) is 4.38. The van der Waals surface area contributed by atoms with Crippen molar-refractivity contribution in [2.45, 2.75) is 20.8 Å². The SMILES string of the molecule is CC(C)(C)C[NH2+]c1ccccc1.[Cl-]. The highest BCUT2D eigenvalue weighted by Gasteiger charge is 2.12. The lowest BCUT2D eigenvalue weighted by Crippen LogP contribution is -3.00. The van der Waals surface area contributed by atoms with E-state index in [4.69, 9.17) is 0 Å². The number of hydrogen-bond donors (Lipinski definition) is 1. The minimum atomic E-state index is 0. The molecule has 0 atom stereocenters. The van der Waals surface area contributed by atoms with Gasteiger partial charge in [0.05, 0.1) is 6.54 Å². The molecule has 1 aromatic carbocycles. The zero-order chi connectivity index (χ0) is 9.03. The summed E-state index contributed by atoms with van der Waals surface area (Å²) in [5.74, 6) is 0. The van der Waals surface area contributed by atoms with Crippen molar-refractivity contribution in [3.05, 3.63) is 30.3 Å². The van der Waals surface area contributed by atoms with Gasteiger partial charge in [0, 0.05) is 5.41 Å². The fourth-order valence-corrected chi connectivity index (χ4v) is 1.01. The van der Waals surface area contributed by atoms with Gasteiger partial charge in [0.1, 0.15) is 5.69 Å². The Labute approximate surface area is 87.0 Å². The quantitative estimate of drug-likeness (QED) is 0.585. The van der Waals surface area contributed by atoms with Gasteiger partial charge in [-0.15, -0.1) is 0 Å². The molecule has 0 aliphatic heterocycles. The van der Waals surface area contributed by atoms with E-state index < -0.39 is 0 Å². The van der Waals surface area contributed by atoms with Crippen LogP contribution in [0, 0.1) is 5.41 Å². The summed E-state index contributed by atoms with van der Waals surface area (Å²) >= 11 is 0. The van der Waals surface area contributed by atoms with E-state index in [1.165, 1.54) is 5.69 Å². The fraction of sp³-hybridized carbons (Fsp3) is 0.455. The summed E-state index contributed by atoms with van der Waals surface area (Å²) in [6, 6.07) is 10.5. The second-order valence-electron chi connectivity index (χ2n) is 4.38. The first-order valence-corrected chi connectivity index (χ1v) is 4.46. The van der Waals surface area contributed by atoms with E-state index >= 15 is 0 Å². The van der Waals surface area contributed by atoms with Crippen molar-refractivity contribution in [3.8, 4) is 0 Å². The molecule has 0 spiro atoms. The molecule has 0 fully saturated rings. The van der Waals surface area contributed by atoms with Gasteiger partial charge in [0.2, 0.25) is 0 Å². The fourth-order valence-electron chi connectivity index (χ4n) is 1.01. The third-order valence-electron chi connectivity index (χ3n) is 1.75. The van der Waals surface area contributed by atoms with E-state index in [2.05, 4.69) is 56.4 Å². The highest BCUT2D eigenvalue weighted by atomic mass is 35.5. The molecular weight excluding hydrogens is 182 g/mol. The molecule has 0 unspecified atom stereocenters. The second kappa shape index (κ2) is 5.25. The van der Waals surface area contributed by atoms with E-state index in [-0.39, 0.29) is 12.4 Å². The van der Waals surface area contributed by atoms with Crippen LogP contribution in [0.1, 0.15) is 20.8 Å². The van der Waals surface area contributed by atoms with Crippen molar-refractivity contribution in [1.29, 1.82) is 0 Å². The highest BCUT2D eigenvalue weighted by Crippen LogP contribution is 2.09. The van der Waals surface area contributed by atoms with Gasteiger partial charge in [-0.3, -0.25) is 0 Å². The summed E-state index contributed by atoms with van der Waals surface area (Å²) in [6.45, 7) is 7.91. The predicted octanol–water partition coefficient (Wildman–Crippen LogP) is -1.07. The lowest BCUT2D eigenvalue weighted by molar-refractivity contribution is -0.584. The van der Waals surface area contributed by atoms with Crippen LogP contribution in [-0.4, -0.2) is 6.54 Å². The van der Waals surface area contributed by atoms with Crippen molar-refractivity contribution >= 4 is 5.69 Å². The first-order valence-electron chi connectivity index (χ1n) is 4.46. The first kappa shape index (κ1) is 12.5. The Morgan fingerprint density at radius 3 is 2.08 bits per heavy atom. The molecular formula is C11H18ClN. The molecule has 2 N–H and O–H groups in total. The van der Waals surface area contributed by atoms with Gasteiger partial charge >= 0.3 is 0 Å². The average Bonchev–Trinajstić information content (AvgIpc) is 2.02. The van der Waals surface area contributed by atoms with E-state index in [0.29, 0.717) is 5.41 Å². The van der Waals surface area contributed by atoms with Crippen molar-refractivity contribution in [3.63, 3.8) is 0 Å². The molecule has 13 heavy (non-hydrogen) atoms. The normalized spacial score (nSPS) is 10.7. The van der Waals surface area contributed by atoms with E-state index in [1.54, 1.807) is 0 Å². The van der Waals surface area contributed by atoms with Gasteiger partial charge in [-0.1, -0.05) is 39.0 Å². The predicted molar refractivity (Wildman–Crippen MR) is 52.3 cm³/mol. The van der Waals surface area contributed by atoms with Gasteiger partial charge in [0.25, 0.3) is 0 Å². The van der Waals surface area contributed by atoms with Crippen LogP contribution in [0.5, 0.6) is 0 Å². The van der Waals surface area contributed by atoms with Crippen molar-refractivity contribution < 1.29 is 17.7 Å². The summed E-state index contributed by atoms with van der Waals surface area (Å²) in [6.07, 6.45) is 0. The molecule has 1 nitrogen and oxygen atoms in total. The van der Waals surface area contributed by atoms with Crippen LogP contribution in [0.15, 0.2) is 30.3 Å². The smallest absolute Gasteiger partial charge is 0.129 e. The Hall–Kier alpha value is -0.530. The van der Waals surface area contributed by atoms with Gasteiger partial charge in [-0.2, -0.15) is 0 Å². The van der Waals surface area contributed by atoms with E-state index in [9.17, 15) is 0 Å². The minimum absolute atomic E-state index is 0.